The number of hydrogen-bond donors (Lipinski definition) is 1. The molecule has 0 atom stereocenters. The summed E-state index contributed by atoms with van der Waals surface area (Å²) in [7, 11) is 0. The van der Waals surface area contributed by atoms with Crippen LogP contribution in [0.2, 0.25) is 0 Å². The van der Waals surface area contributed by atoms with Gasteiger partial charge in [0.1, 0.15) is 22.9 Å². The Morgan fingerprint density at radius 2 is 1.77 bits per heavy atom. The molecule has 1 saturated carbocycles. The van der Waals surface area contributed by atoms with Crippen LogP contribution in [0.3, 0.4) is 0 Å². The summed E-state index contributed by atoms with van der Waals surface area (Å²) < 4.78 is 2.20. The molecule has 0 spiro atoms. The van der Waals surface area contributed by atoms with E-state index >= 15 is 0 Å². The molecule has 154 valence electrons. The summed E-state index contributed by atoms with van der Waals surface area (Å²) >= 11 is 0. The molecule has 31 heavy (non-hydrogen) atoms. The number of aryl methyl sites for hydroxylation is 1. The standard InChI is InChI=1S/C27H26N4/c1-20-8-7-19-31-26(20)30-25(27(31)29-24-10-3-2-4-11-24)22-15-12-21(13-16-22)14-17-23-9-5-6-18-28-23/h5-9,12-13,15-16,18-19,24,29H,2-4,10-11H2,1H3. The summed E-state index contributed by atoms with van der Waals surface area (Å²) in [5.41, 5.74) is 6.04. The number of anilines is 1. The highest BCUT2D eigenvalue weighted by molar-refractivity contribution is 5.78. The van der Waals surface area contributed by atoms with E-state index in [4.69, 9.17) is 4.98 Å². The second-order valence-corrected chi connectivity index (χ2v) is 8.22. The zero-order valence-corrected chi connectivity index (χ0v) is 17.8. The molecule has 0 amide bonds. The van der Waals surface area contributed by atoms with Gasteiger partial charge < -0.3 is 5.32 Å². The van der Waals surface area contributed by atoms with Crippen LogP contribution < -0.4 is 5.32 Å². The first-order chi connectivity index (χ1) is 15.3. The summed E-state index contributed by atoms with van der Waals surface area (Å²) in [6.45, 7) is 2.12. The SMILES string of the molecule is Cc1cccn2c(NC3CCCCC3)c(-c3ccc(C#Cc4ccccn4)cc3)nc12. The van der Waals surface area contributed by atoms with Crippen LogP contribution in [-0.4, -0.2) is 20.4 Å². The lowest BCUT2D eigenvalue weighted by molar-refractivity contribution is 0.462. The van der Waals surface area contributed by atoms with Crippen LogP contribution >= 0.6 is 0 Å². The smallest absolute Gasteiger partial charge is 0.142 e. The fourth-order valence-electron chi connectivity index (χ4n) is 4.27. The predicted octanol–water partition coefficient (Wildman–Crippen LogP) is 5.85. The van der Waals surface area contributed by atoms with E-state index in [-0.39, 0.29) is 0 Å². The van der Waals surface area contributed by atoms with Crippen molar-refractivity contribution in [1.29, 1.82) is 0 Å². The van der Waals surface area contributed by atoms with Crippen molar-refractivity contribution in [2.45, 2.75) is 45.1 Å². The average molecular weight is 407 g/mol. The van der Waals surface area contributed by atoms with Gasteiger partial charge in [-0.2, -0.15) is 0 Å². The van der Waals surface area contributed by atoms with Crippen LogP contribution in [-0.2, 0) is 0 Å². The van der Waals surface area contributed by atoms with Crippen LogP contribution in [0.4, 0.5) is 5.82 Å². The predicted molar refractivity (Wildman–Crippen MR) is 126 cm³/mol. The van der Waals surface area contributed by atoms with Crippen molar-refractivity contribution in [1.82, 2.24) is 14.4 Å². The molecule has 3 heterocycles. The van der Waals surface area contributed by atoms with Crippen molar-refractivity contribution in [3.63, 3.8) is 0 Å². The first-order valence-corrected chi connectivity index (χ1v) is 11.1. The van der Waals surface area contributed by atoms with E-state index in [0.29, 0.717) is 6.04 Å². The minimum atomic E-state index is 0.511. The van der Waals surface area contributed by atoms with Gasteiger partial charge in [0.25, 0.3) is 0 Å². The lowest BCUT2D eigenvalue weighted by atomic mass is 9.95. The Kier molecular flexibility index (Phi) is 5.41. The third kappa shape index (κ3) is 4.18. The Labute approximate surface area is 183 Å². The van der Waals surface area contributed by atoms with Crippen molar-refractivity contribution in [2.75, 3.05) is 5.32 Å². The largest absolute Gasteiger partial charge is 0.367 e. The molecule has 1 fully saturated rings. The maximum Gasteiger partial charge on any atom is 0.142 e. The fourth-order valence-corrected chi connectivity index (χ4v) is 4.27. The van der Waals surface area contributed by atoms with E-state index in [1.54, 1.807) is 6.20 Å². The van der Waals surface area contributed by atoms with Crippen LogP contribution in [0.1, 0.15) is 48.9 Å². The number of rotatable bonds is 3. The minimum Gasteiger partial charge on any atom is -0.367 e. The number of pyridine rings is 2. The maximum atomic E-state index is 5.03. The number of fused-ring (bicyclic) bond motifs is 1. The van der Waals surface area contributed by atoms with Gasteiger partial charge in [-0.05, 0) is 61.6 Å². The number of nitrogens with zero attached hydrogens (tertiary/aromatic N) is 3. The number of benzene rings is 1. The van der Waals surface area contributed by atoms with Gasteiger partial charge in [-0.3, -0.25) is 4.40 Å². The lowest BCUT2D eigenvalue weighted by Gasteiger charge is -2.24. The molecular formula is C27H26N4. The molecule has 1 aromatic carbocycles. The molecule has 0 bridgehead atoms. The highest BCUT2D eigenvalue weighted by atomic mass is 15.1. The van der Waals surface area contributed by atoms with Gasteiger partial charge in [-0.25, -0.2) is 9.97 Å². The monoisotopic (exact) mass is 406 g/mol. The Morgan fingerprint density at radius 1 is 0.935 bits per heavy atom. The first kappa shape index (κ1) is 19.4. The molecule has 4 nitrogen and oxygen atoms in total. The number of nitrogens with one attached hydrogen (secondary N) is 1. The van der Waals surface area contributed by atoms with E-state index in [0.717, 1.165) is 34.0 Å². The van der Waals surface area contributed by atoms with Crippen LogP contribution in [0.5, 0.6) is 0 Å². The molecule has 0 radical (unpaired) electrons. The normalized spacial score (nSPS) is 14.2. The molecule has 1 aliphatic rings. The van der Waals surface area contributed by atoms with E-state index < -0.39 is 0 Å². The molecule has 0 unspecified atom stereocenters. The molecular weight excluding hydrogens is 380 g/mol. The third-order valence-corrected chi connectivity index (χ3v) is 5.95. The number of imidazole rings is 1. The van der Waals surface area contributed by atoms with Crippen LogP contribution in [0.25, 0.3) is 16.9 Å². The van der Waals surface area contributed by atoms with Gasteiger partial charge in [-0.15, -0.1) is 0 Å². The Morgan fingerprint density at radius 3 is 2.55 bits per heavy atom. The molecule has 3 aromatic heterocycles. The van der Waals surface area contributed by atoms with Crippen molar-refractivity contribution in [2.24, 2.45) is 0 Å². The van der Waals surface area contributed by atoms with Crippen LogP contribution in [0, 0.1) is 18.8 Å². The molecule has 0 aliphatic heterocycles. The summed E-state index contributed by atoms with van der Waals surface area (Å²) in [5, 5.41) is 3.82. The van der Waals surface area contributed by atoms with E-state index in [2.05, 4.69) is 76.1 Å². The second-order valence-electron chi connectivity index (χ2n) is 8.22. The molecule has 1 N–H and O–H groups in total. The van der Waals surface area contributed by atoms with Crippen molar-refractivity contribution in [3.8, 4) is 23.1 Å². The molecule has 4 heteroatoms. The Balaban J connectivity index is 1.49. The highest BCUT2D eigenvalue weighted by Gasteiger charge is 2.20. The molecule has 4 aromatic rings. The zero-order valence-electron chi connectivity index (χ0n) is 17.8. The molecule has 1 aliphatic carbocycles. The van der Waals surface area contributed by atoms with Gasteiger partial charge in [0.2, 0.25) is 0 Å². The van der Waals surface area contributed by atoms with E-state index in [1.807, 2.05) is 18.2 Å². The zero-order chi connectivity index (χ0) is 21.0. The van der Waals surface area contributed by atoms with Gasteiger partial charge in [0.15, 0.2) is 0 Å². The quantitative estimate of drug-likeness (QED) is 0.434. The molecule has 5 rings (SSSR count). The number of aromatic nitrogens is 3. The maximum absolute atomic E-state index is 5.03. The van der Waals surface area contributed by atoms with Gasteiger partial charge in [0.05, 0.1) is 0 Å². The highest BCUT2D eigenvalue weighted by Crippen LogP contribution is 2.32. The fraction of sp³-hybridized carbons (Fsp3) is 0.259. The van der Waals surface area contributed by atoms with Crippen molar-refractivity contribution < 1.29 is 0 Å². The third-order valence-electron chi connectivity index (χ3n) is 5.95. The van der Waals surface area contributed by atoms with Crippen molar-refractivity contribution in [3.05, 3.63) is 83.8 Å². The van der Waals surface area contributed by atoms with Crippen LogP contribution in [0.15, 0.2) is 67.0 Å². The summed E-state index contributed by atoms with van der Waals surface area (Å²) in [4.78, 5) is 9.29. The summed E-state index contributed by atoms with van der Waals surface area (Å²) in [5.74, 6) is 7.42. The topological polar surface area (TPSA) is 42.2 Å². The van der Waals surface area contributed by atoms with Gasteiger partial charge in [0, 0.05) is 29.6 Å². The number of hydrogen-bond acceptors (Lipinski definition) is 3. The van der Waals surface area contributed by atoms with E-state index in [1.165, 1.54) is 37.7 Å². The molecule has 0 saturated heterocycles. The summed E-state index contributed by atoms with van der Waals surface area (Å²) in [6, 6.07) is 18.8. The van der Waals surface area contributed by atoms with Gasteiger partial charge in [-0.1, -0.05) is 49.4 Å². The minimum absolute atomic E-state index is 0.511. The summed E-state index contributed by atoms with van der Waals surface area (Å²) in [6.07, 6.45) is 10.3. The Hall–Kier alpha value is -3.58. The van der Waals surface area contributed by atoms with Crippen molar-refractivity contribution >= 4 is 11.5 Å². The Bertz CT molecular complexity index is 1240. The van der Waals surface area contributed by atoms with Gasteiger partial charge >= 0.3 is 0 Å². The lowest BCUT2D eigenvalue weighted by Crippen LogP contribution is -2.23. The average Bonchev–Trinajstić information content (AvgIpc) is 3.19. The second kappa shape index (κ2) is 8.65. The van der Waals surface area contributed by atoms with E-state index in [9.17, 15) is 0 Å². The first-order valence-electron chi connectivity index (χ1n) is 11.1.